The summed E-state index contributed by atoms with van der Waals surface area (Å²) in [5, 5.41) is 1.69. The number of nitrogens with one attached hydrogen (secondary N) is 1. The lowest BCUT2D eigenvalue weighted by Gasteiger charge is -2.17. The smallest absolute Gasteiger partial charge is 0.321 e. The third-order valence-electron chi connectivity index (χ3n) is 4.98. The van der Waals surface area contributed by atoms with Crippen molar-refractivity contribution in [3.63, 3.8) is 0 Å². The van der Waals surface area contributed by atoms with E-state index in [1.165, 1.54) is 12.1 Å². The molecule has 0 spiro atoms. The third kappa shape index (κ3) is 4.19. The number of sulfonamides is 1. The minimum Gasteiger partial charge on any atom is -0.455 e. The van der Waals surface area contributed by atoms with Gasteiger partial charge in [0.2, 0.25) is 10.0 Å². The second kappa shape index (κ2) is 8.25. The first kappa shape index (κ1) is 20.1. The first-order valence-corrected chi connectivity index (χ1v) is 10.9. The van der Waals surface area contributed by atoms with Crippen LogP contribution in [0, 0.1) is 0 Å². The van der Waals surface area contributed by atoms with Gasteiger partial charge in [0.25, 0.3) is 5.91 Å². The van der Waals surface area contributed by atoms with Crippen LogP contribution in [0.4, 0.5) is 5.69 Å². The number of rotatable bonds is 6. The molecule has 3 aromatic rings. The van der Waals surface area contributed by atoms with Crippen molar-refractivity contribution in [3.8, 4) is 0 Å². The molecule has 3 aromatic carbocycles. The molecule has 0 radical (unpaired) electrons. The molecule has 0 atom stereocenters. The highest BCUT2D eigenvalue weighted by molar-refractivity contribution is 7.89. The molecule has 0 aliphatic carbocycles. The number of ether oxygens (including phenoxy) is 1. The largest absolute Gasteiger partial charge is 0.455 e. The van der Waals surface area contributed by atoms with E-state index in [2.05, 4.69) is 4.72 Å². The van der Waals surface area contributed by atoms with Crippen molar-refractivity contribution < 1.29 is 22.7 Å². The monoisotopic (exact) mass is 424 g/mol. The number of esters is 1. The summed E-state index contributed by atoms with van der Waals surface area (Å²) in [5.41, 5.74) is 1.89. The number of hydrogen-bond donors (Lipinski definition) is 1. The Kier molecular flexibility index (Phi) is 5.52. The predicted octanol–water partition coefficient (Wildman–Crippen LogP) is 2.25. The van der Waals surface area contributed by atoms with Crippen LogP contribution in [0.5, 0.6) is 0 Å². The fraction of sp³-hybridized carbons (Fsp3) is 0.182. The van der Waals surface area contributed by atoms with Crippen molar-refractivity contribution in [1.82, 2.24) is 4.72 Å². The molecule has 0 saturated heterocycles. The molecule has 1 aliphatic heterocycles. The van der Waals surface area contributed by atoms with Crippen molar-refractivity contribution in [2.24, 2.45) is 0 Å². The van der Waals surface area contributed by atoms with Gasteiger partial charge >= 0.3 is 5.97 Å². The van der Waals surface area contributed by atoms with Crippen LogP contribution in [0.2, 0.25) is 0 Å². The minimum absolute atomic E-state index is 0.0544. The minimum atomic E-state index is -3.89. The Bertz CT molecular complexity index is 1220. The van der Waals surface area contributed by atoms with Gasteiger partial charge in [0.05, 0.1) is 4.90 Å². The van der Waals surface area contributed by atoms with Gasteiger partial charge in [-0.2, -0.15) is 4.72 Å². The Morgan fingerprint density at radius 3 is 2.53 bits per heavy atom. The zero-order valence-electron chi connectivity index (χ0n) is 16.1. The maximum absolute atomic E-state index is 12.5. The van der Waals surface area contributed by atoms with E-state index in [0.29, 0.717) is 6.54 Å². The number of carbonyl (C=O) groups is 2. The Balaban J connectivity index is 1.32. The van der Waals surface area contributed by atoms with Gasteiger partial charge in [-0.15, -0.1) is 0 Å². The van der Waals surface area contributed by atoms with Gasteiger partial charge in [-0.05, 0) is 41.0 Å². The summed E-state index contributed by atoms with van der Waals surface area (Å²) >= 11 is 0. The molecule has 1 N–H and O–H groups in total. The molecule has 7 nitrogen and oxygen atoms in total. The maximum Gasteiger partial charge on any atom is 0.321 e. The second-order valence-electron chi connectivity index (χ2n) is 6.92. The van der Waals surface area contributed by atoms with Crippen LogP contribution in [0.1, 0.15) is 5.56 Å². The van der Waals surface area contributed by atoms with Crippen molar-refractivity contribution in [3.05, 3.63) is 72.3 Å². The molecule has 4 rings (SSSR count). The third-order valence-corrected chi connectivity index (χ3v) is 6.38. The molecule has 8 heteroatoms. The van der Waals surface area contributed by atoms with Gasteiger partial charge in [0, 0.05) is 12.2 Å². The number of amides is 1. The van der Waals surface area contributed by atoms with Gasteiger partial charge in [-0.3, -0.25) is 9.59 Å². The zero-order valence-corrected chi connectivity index (χ0v) is 16.9. The standard InChI is InChI=1S/C22H20N2O5S/c25-21(24-12-11-17-6-3-4-8-20(17)24)15-29-22(26)14-23-30(27,28)19-10-9-16-5-1-2-7-18(16)13-19/h1-10,13,23H,11-12,14-15H2. The van der Waals surface area contributed by atoms with Gasteiger partial charge in [-0.1, -0.05) is 48.5 Å². The highest BCUT2D eigenvalue weighted by atomic mass is 32.2. The molecular formula is C22H20N2O5S. The topological polar surface area (TPSA) is 92.8 Å². The van der Waals surface area contributed by atoms with Crippen molar-refractivity contribution >= 4 is 38.4 Å². The Hall–Kier alpha value is -3.23. The van der Waals surface area contributed by atoms with E-state index in [9.17, 15) is 18.0 Å². The highest BCUT2D eigenvalue weighted by Crippen LogP contribution is 2.27. The number of anilines is 1. The normalized spacial score (nSPS) is 13.3. The van der Waals surface area contributed by atoms with Crippen LogP contribution < -0.4 is 9.62 Å². The SMILES string of the molecule is O=C(CNS(=O)(=O)c1ccc2ccccc2c1)OCC(=O)N1CCc2ccccc21. The Morgan fingerprint density at radius 2 is 1.70 bits per heavy atom. The van der Waals surface area contributed by atoms with Gasteiger partial charge in [0.1, 0.15) is 6.54 Å². The number of fused-ring (bicyclic) bond motifs is 2. The summed E-state index contributed by atoms with van der Waals surface area (Å²) in [6.07, 6.45) is 0.751. The molecule has 1 aliphatic rings. The molecule has 0 aromatic heterocycles. The van der Waals surface area contributed by atoms with Crippen LogP contribution in [0.15, 0.2) is 71.6 Å². The molecule has 0 fully saturated rings. The Labute approximate surface area is 174 Å². The number of para-hydroxylation sites is 1. The molecule has 0 saturated carbocycles. The molecular weight excluding hydrogens is 404 g/mol. The average molecular weight is 424 g/mol. The predicted molar refractivity (Wildman–Crippen MR) is 113 cm³/mol. The van der Waals surface area contributed by atoms with E-state index in [1.807, 2.05) is 48.5 Å². The highest BCUT2D eigenvalue weighted by Gasteiger charge is 2.25. The van der Waals surface area contributed by atoms with Crippen LogP contribution in [0.3, 0.4) is 0 Å². The molecule has 0 unspecified atom stereocenters. The fourth-order valence-corrected chi connectivity index (χ4v) is 4.44. The number of benzene rings is 3. The Morgan fingerprint density at radius 1 is 0.967 bits per heavy atom. The van der Waals surface area contributed by atoms with Gasteiger partial charge < -0.3 is 9.64 Å². The quantitative estimate of drug-likeness (QED) is 0.613. The molecule has 154 valence electrons. The van der Waals surface area contributed by atoms with Gasteiger partial charge in [-0.25, -0.2) is 8.42 Å². The van der Waals surface area contributed by atoms with Crippen LogP contribution in [-0.4, -0.2) is 40.0 Å². The van der Waals surface area contributed by atoms with E-state index < -0.39 is 29.1 Å². The van der Waals surface area contributed by atoms with Crippen molar-refractivity contribution in [1.29, 1.82) is 0 Å². The second-order valence-corrected chi connectivity index (χ2v) is 8.69. The van der Waals surface area contributed by atoms with Crippen LogP contribution in [0.25, 0.3) is 10.8 Å². The summed E-state index contributed by atoms with van der Waals surface area (Å²) in [5.74, 6) is -1.16. The first-order valence-electron chi connectivity index (χ1n) is 9.46. The van der Waals surface area contributed by atoms with E-state index in [0.717, 1.165) is 28.4 Å². The van der Waals surface area contributed by atoms with Crippen LogP contribution in [-0.2, 0) is 30.8 Å². The lowest BCUT2D eigenvalue weighted by molar-refractivity contribution is -0.146. The first-order chi connectivity index (χ1) is 14.4. The van der Waals surface area contributed by atoms with E-state index in [4.69, 9.17) is 4.74 Å². The molecule has 0 bridgehead atoms. The van der Waals surface area contributed by atoms with Crippen molar-refractivity contribution in [2.45, 2.75) is 11.3 Å². The lowest BCUT2D eigenvalue weighted by atomic mass is 10.1. The van der Waals surface area contributed by atoms with Crippen LogP contribution >= 0.6 is 0 Å². The maximum atomic E-state index is 12.5. The van der Waals surface area contributed by atoms with Gasteiger partial charge in [0.15, 0.2) is 6.61 Å². The van der Waals surface area contributed by atoms with E-state index in [-0.39, 0.29) is 10.8 Å². The summed E-state index contributed by atoms with van der Waals surface area (Å²) in [4.78, 5) is 26.0. The van der Waals surface area contributed by atoms with E-state index in [1.54, 1.807) is 11.0 Å². The summed E-state index contributed by atoms with van der Waals surface area (Å²) in [6.45, 7) is -0.464. The van der Waals surface area contributed by atoms with E-state index >= 15 is 0 Å². The lowest BCUT2D eigenvalue weighted by Crippen LogP contribution is -2.35. The molecule has 1 heterocycles. The average Bonchev–Trinajstić information content (AvgIpc) is 3.20. The fourth-order valence-electron chi connectivity index (χ4n) is 3.44. The summed E-state index contributed by atoms with van der Waals surface area (Å²) in [6, 6.07) is 19.7. The number of hydrogen-bond acceptors (Lipinski definition) is 5. The number of carbonyl (C=O) groups excluding carboxylic acids is 2. The van der Waals surface area contributed by atoms with Crippen molar-refractivity contribution in [2.75, 3.05) is 24.6 Å². The number of nitrogens with zero attached hydrogens (tertiary/aromatic N) is 1. The molecule has 1 amide bonds. The zero-order chi connectivity index (χ0) is 21.1. The summed E-state index contributed by atoms with van der Waals surface area (Å²) in [7, 11) is -3.89. The molecule has 30 heavy (non-hydrogen) atoms. The summed E-state index contributed by atoms with van der Waals surface area (Å²) < 4.78 is 32.1.